The van der Waals surface area contributed by atoms with E-state index in [4.69, 9.17) is 0 Å². The van der Waals surface area contributed by atoms with Gasteiger partial charge in [-0.1, -0.05) is 17.7 Å². The first-order chi connectivity index (χ1) is 13.2. The summed E-state index contributed by atoms with van der Waals surface area (Å²) in [4.78, 5) is 24.7. The van der Waals surface area contributed by atoms with Crippen LogP contribution in [0.3, 0.4) is 0 Å². The van der Waals surface area contributed by atoms with Gasteiger partial charge in [-0.05, 0) is 32.9 Å². The molecule has 3 rings (SSSR count). The number of nitrogens with zero attached hydrogens (tertiary/aromatic N) is 3. The number of amides is 1. The lowest BCUT2D eigenvalue weighted by Crippen LogP contribution is -2.64. The summed E-state index contributed by atoms with van der Waals surface area (Å²) in [6.07, 6.45) is 0. The average Bonchev–Trinajstić information content (AvgIpc) is 2.76. The molecule has 0 radical (unpaired) electrons. The highest BCUT2D eigenvalue weighted by molar-refractivity contribution is 8.07. The summed E-state index contributed by atoms with van der Waals surface area (Å²) in [5, 5.41) is 7.88. The van der Waals surface area contributed by atoms with Gasteiger partial charge in [0, 0.05) is 7.05 Å². The quantitative estimate of drug-likeness (QED) is 0.492. The predicted molar refractivity (Wildman–Crippen MR) is 106 cm³/mol. The number of sulfone groups is 1. The molecule has 0 unspecified atom stereocenters. The lowest BCUT2D eigenvalue weighted by atomic mass is 9.98. The number of aliphatic carboxylic acids is 1. The number of sulfonamides is 1. The van der Waals surface area contributed by atoms with Crippen LogP contribution in [0.15, 0.2) is 33.6 Å². The topological polar surface area (TPSA) is 141 Å². The smallest absolute Gasteiger partial charge is 0.328 e. The molecule has 2 aliphatic rings. The van der Waals surface area contributed by atoms with E-state index in [1.165, 1.54) is 33.0 Å². The molecule has 2 fully saturated rings. The third-order valence-electron chi connectivity index (χ3n) is 5.05. The van der Waals surface area contributed by atoms with Crippen LogP contribution in [0.25, 0.3) is 0 Å². The molecule has 2 aliphatic heterocycles. The van der Waals surface area contributed by atoms with Crippen LogP contribution in [-0.2, 0) is 29.4 Å². The molecule has 0 aliphatic carbocycles. The van der Waals surface area contributed by atoms with Crippen LogP contribution in [0.5, 0.6) is 0 Å². The van der Waals surface area contributed by atoms with Crippen molar-refractivity contribution in [3.63, 3.8) is 0 Å². The van der Waals surface area contributed by atoms with Crippen LogP contribution in [-0.4, -0.2) is 71.4 Å². The Bertz CT molecular complexity index is 1120. The maximum absolute atomic E-state index is 12.8. The summed E-state index contributed by atoms with van der Waals surface area (Å²) < 4.78 is 53.6. The first kappa shape index (κ1) is 21.7. The van der Waals surface area contributed by atoms with E-state index >= 15 is 0 Å². The molecule has 0 aromatic heterocycles. The molecular weight excluding hydrogens is 442 g/mol. The number of fused-ring (bicyclic) bond motifs is 1. The van der Waals surface area contributed by atoms with Crippen molar-refractivity contribution in [3.05, 3.63) is 29.8 Å². The minimum atomic E-state index is -4.07. The van der Waals surface area contributed by atoms with Crippen LogP contribution in [0.1, 0.15) is 19.4 Å². The number of benzene rings is 1. The number of hydrogen-bond donors (Lipinski definition) is 1. The second-order valence-corrected chi connectivity index (χ2v) is 12.9. The second kappa shape index (κ2) is 6.79. The van der Waals surface area contributed by atoms with Gasteiger partial charge in [-0.25, -0.2) is 21.6 Å². The Hall–Kier alpha value is -1.96. The molecule has 1 aromatic carbocycles. The Morgan fingerprint density at radius 2 is 1.83 bits per heavy atom. The van der Waals surface area contributed by atoms with Gasteiger partial charge in [0.15, 0.2) is 27.0 Å². The Morgan fingerprint density at radius 1 is 1.28 bits per heavy atom. The number of aryl methyl sites for hydroxylation is 1. The number of carboxylic acid groups (broad SMARTS) is 1. The highest BCUT2D eigenvalue weighted by Gasteiger charge is 2.71. The zero-order chi connectivity index (χ0) is 21.9. The zero-order valence-corrected chi connectivity index (χ0v) is 18.4. The summed E-state index contributed by atoms with van der Waals surface area (Å²) in [7, 11) is -6.78. The van der Waals surface area contributed by atoms with Crippen LogP contribution in [0, 0.1) is 6.92 Å². The summed E-state index contributed by atoms with van der Waals surface area (Å²) in [6, 6.07) is 4.56. The third-order valence-corrected chi connectivity index (χ3v) is 10.6. The third kappa shape index (κ3) is 3.07. The van der Waals surface area contributed by atoms with Gasteiger partial charge in [0.25, 0.3) is 15.9 Å². The standard InChI is InChI=1S/C16H19N3O7S3/c1-9-5-7-10(8-6-9)29(25,26)18(4)27-17-11-13(20)19-12(15(21)22)16(2,3)28(23,24)14(11)19/h5-8,12,14H,1-4H3,(H,21,22)/t12-,14+/m0/s1. The normalized spacial score (nSPS) is 26.4. The Morgan fingerprint density at radius 3 is 2.34 bits per heavy atom. The fraction of sp³-hybridized carbons (Fsp3) is 0.438. The Kier molecular flexibility index (Phi) is 5.09. The second-order valence-electron chi connectivity index (χ2n) is 7.24. The van der Waals surface area contributed by atoms with Gasteiger partial charge in [0.05, 0.1) is 17.0 Å². The van der Waals surface area contributed by atoms with Gasteiger partial charge >= 0.3 is 5.97 Å². The van der Waals surface area contributed by atoms with E-state index in [0.717, 1.165) is 14.2 Å². The largest absolute Gasteiger partial charge is 0.480 e. The van der Waals surface area contributed by atoms with Gasteiger partial charge in [0.2, 0.25) is 0 Å². The van der Waals surface area contributed by atoms with Gasteiger partial charge < -0.3 is 5.11 Å². The van der Waals surface area contributed by atoms with Crippen molar-refractivity contribution in [2.24, 2.45) is 4.40 Å². The molecule has 0 spiro atoms. The summed E-state index contributed by atoms with van der Waals surface area (Å²) in [6.45, 7) is 4.29. The summed E-state index contributed by atoms with van der Waals surface area (Å²) in [5.41, 5.74) is 0.486. The molecule has 13 heteroatoms. The van der Waals surface area contributed by atoms with E-state index in [9.17, 15) is 31.5 Å². The first-order valence-electron chi connectivity index (χ1n) is 8.34. The summed E-state index contributed by atoms with van der Waals surface area (Å²) in [5.74, 6) is -2.27. The van der Waals surface area contributed by atoms with E-state index in [-0.39, 0.29) is 4.90 Å². The van der Waals surface area contributed by atoms with E-state index in [1.807, 2.05) is 6.92 Å². The molecule has 2 saturated heterocycles. The van der Waals surface area contributed by atoms with Gasteiger partial charge in [-0.15, -0.1) is 3.71 Å². The highest BCUT2D eigenvalue weighted by atomic mass is 32.3. The van der Waals surface area contributed by atoms with E-state index < -0.39 is 53.6 Å². The molecular formula is C16H19N3O7S3. The number of rotatable bonds is 5. The lowest BCUT2D eigenvalue weighted by molar-refractivity contribution is -0.150. The van der Waals surface area contributed by atoms with Crippen molar-refractivity contribution in [1.29, 1.82) is 0 Å². The van der Waals surface area contributed by atoms with Crippen molar-refractivity contribution in [1.82, 2.24) is 8.61 Å². The van der Waals surface area contributed by atoms with Crippen LogP contribution < -0.4 is 0 Å². The molecule has 10 nitrogen and oxygen atoms in total. The molecule has 2 atom stereocenters. The monoisotopic (exact) mass is 461 g/mol. The van der Waals surface area contributed by atoms with E-state index in [1.54, 1.807) is 12.1 Å². The molecule has 0 saturated carbocycles. The van der Waals surface area contributed by atoms with Crippen molar-refractivity contribution < 1.29 is 31.5 Å². The number of β-lactam (4-membered cyclic amide) rings is 1. The fourth-order valence-corrected chi connectivity index (χ4v) is 7.24. The van der Waals surface area contributed by atoms with E-state index in [0.29, 0.717) is 12.1 Å². The van der Waals surface area contributed by atoms with Gasteiger partial charge in [-0.2, -0.15) is 4.40 Å². The first-order valence-corrected chi connectivity index (χ1v) is 12.1. The average molecular weight is 462 g/mol. The Labute approximate surface area is 172 Å². The lowest BCUT2D eigenvalue weighted by Gasteiger charge is -2.36. The number of carboxylic acids is 1. The summed E-state index contributed by atoms with van der Waals surface area (Å²) >= 11 is 0.403. The van der Waals surface area contributed by atoms with Crippen LogP contribution in [0.4, 0.5) is 0 Å². The van der Waals surface area contributed by atoms with Crippen molar-refractivity contribution in [2.75, 3.05) is 7.05 Å². The fourth-order valence-electron chi connectivity index (χ4n) is 3.24. The van der Waals surface area contributed by atoms with Gasteiger partial charge in [-0.3, -0.25) is 9.69 Å². The minimum absolute atomic E-state index is 0.0143. The molecule has 1 amide bonds. The maximum Gasteiger partial charge on any atom is 0.328 e. The minimum Gasteiger partial charge on any atom is -0.480 e. The van der Waals surface area contributed by atoms with Crippen LogP contribution in [0.2, 0.25) is 0 Å². The van der Waals surface area contributed by atoms with Gasteiger partial charge in [0.1, 0.15) is 4.75 Å². The molecule has 1 N–H and O–H groups in total. The van der Waals surface area contributed by atoms with Crippen molar-refractivity contribution >= 4 is 49.6 Å². The van der Waals surface area contributed by atoms with Crippen LogP contribution >= 0.6 is 12.1 Å². The van der Waals surface area contributed by atoms with E-state index in [2.05, 4.69) is 4.40 Å². The van der Waals surface area contributed by atoms with Crippen molar-refractivity contribution in [2.45, 2.75) is 41.8 Å². The maximum atomic E-state index is 12.8. The molecule has 0 bridgehead atoms. The molecule has 2 heterocycles. The predicted octanol–water partition coefficient (Wildman–Crippen LogP) is 0.448. The molecule has 158 valence electrons. The Balaban J connectivity index is 1.88. The molecule has 1 aromatic rings. The number of carbonyl (C=O) groups excluding carboxylic acids is 1. The molecule has 29 heavy (non-hydrogen) atoms. The highest BCUT2D eigenvalue weighted by Crippen LogP contribution is 2.45. The zero-order valence-electron chi connectivity index (χ0n) is 15.9. The number of carbonyl (C=O) groups is 2. The van der Waals surface area contributed by atoms with Crippen molar-refractivity contribution in [3.8, 4) is 0 Å². The SMILES string of the molecule is Cc1ccc(S(=O)(=O)N(C)SN=C2C(=O)N3[C@@H](C(=O)O)C(C)(C)S(=O)(=O)[C@H]23)cc1. The number of hydrogen-bond acceptors (Lipinski definition) is 8.